The normalized spacial score (nSPS) is 12.4. The summed E-state index contributed by atoms with van der Waals surface area (Å²) < 4.78 is 0. The van der Waals surface area contributed by atoms with Crippen molar-refractivity contribution in [2.45, 2.75) is 19.5 Å². The number of hydrogen-bond acceptors (Lipinski definition) is 4. The van der Waals surface area contributed by atoms with Gasteiger partial charge in [-0.25, -0.2) is 9.78 Å². The molecule has 0 aliphatic rings. The third-order valence-electron chi connectivity index (χ3n) is 1.64. The Balaban J connectivity index is 2.61. The molecule has 0 fully saturated rings. The van der Waals surface area contributed by atoms with Crippen molar-refractivity contribution in [1.29, 1.82) is 0 Å². The third-order valence-corrected chi connectivity index (χ3v) is 2.71. The predicted molar refractivity (Wildman–Crippen MR) is 54.5 cm³/mol. The highest BCUT2D eigenvalue weighted by Gasteiger charge is 2.11. The molecule has 0 saturated carbocycles. The molecule has 0 spiro atoms. The second-order valence-corrected chi connectivity index (χ2v) is 3.77. The highest BCUT2D eigenvalue weighted by atomic mass is 32.1. The van der Waals surface area contributed by atoms with Gasteiger partial charge in [0.1, 0.15) is 5.01 Å². The van der Waals surface area contributed by atoms with Gasteiger partial charge in [-0.05, 0) is 14.0 Å². The molecule has 1 rings (SSSR count). The molecule has 0 radical (unpaired) electrons. The van der Waals surface area contributed by atoms with Crippen LogP contribution in [0.3, 0.4) is 0 Å². The number of carbonyl (C=O) groups is 1. The number of aromatic nitrogens is 1. The average Bonchev–Trinajstić information content (AvgIpc) is 2.52. The molecule has 1 amide bonds. The van der Waals surface area contributed by atoms with E-state index in [1.165, 1.54) is 11.3 Å². The highest BCUT2D eigenvalue weighted by Crippen LogP contribution is 2.17. The second kappa shape index (κ2) is 4.92. The quantitative estimate of drug-likeness (QED) is 0.705. The van der Waals surface area contributed by atoms with Crippen molar-refractivity contribution >= 4 is 17.4 Å². The molecule has 3 N–H and O–H groups in total. The fourth-order valence-corrected chi connectivity index (χ4v) is 1.86. The van der Waals surface area contributed by atoms with Crippen LogP contribution < -0.4 is 10.6 Å². The standard InChI is InChI=1S/C8H13N3O2S/c1-5(10-8(12)13)7-11-6(3-9-2)4-14-7/h4-5,9-10H,3H2,1-2H3,(H,12,13). The van der Waals surface area contributed by atoms with Gasteiger partial charge < -0.3 is 15.7 Å². The number of nitrogens with zero attached hydrogens (tertiary/aromatic N) is 1. The maximum Gasteiger partial charge on any atom is 0.405 e. The van der Waals surface area contributed by atoms with E-state index in [1.807, 2.05) is 12.4 Å². The molecule has 0 aliphatic heterocycles. The van der Waals surface area contributed by atoms with E-state index in [4.69, 9.17) is 5.11 Å². The molecule has 0 aromatic carbocycles. The third kappa shape index (κ3) is 2.97. The van der Waals surface area contributed by atoms with Crippen LogP contribution in [0.2, 0.25) is 0 Å². The van der Waals surface area contributed by atoms with E-state index in [9.17, 15) is 4.79 Å². The van der Waals surface area contributed by atoms with Gasteiger partial charge in [-0.1, -0.05) is 0 Å². The minimum Gasteiger partial charge on any atom is -0.465 e. The van der Waals surface area contributed by atoms with Gasteiger partial charge in [0.25, 0.3) is 0 Å². The van der Waals surface area contributed by atoms with Crippen molar-refractivity contribution in [2.75, 3.05) is 7.05 Å². The maximum atomic E-state index is 10.4. The minimum atomic E-state index is -1.03. The first-order valence-electron chi connectivity index (χ1n) is 4.22. The summed E-state index contributed by atoms with van der Waals surface area (Å²) in [5.41, 5.74) is 0.937. The van der Waals surface area contributed by atoms with E-state index >= 15 is 0 Å². The van der Waals surface area contributed by atoms with Crippen LogP contribution >= 0.6 is 11.3 Å². The molecule has 14 heavy (non-hydrogen) atoms. The van der Waals surface area contributed by atoms with Crippen LogP contribution in [0.1, 0.15) is 23.7 Å². The first kappa shape index (κ1) is 10.9. The van der Waals surface area contributed by atoms with Gasteiger partial charge in [0, 0.05) is 11.9 Å². The Hall–Kier alpha value is -1.14. The molecule has 78 valence electrons. The molecule has 0 bridgehead atoms. The molecule has 1 atom stereocenters. The van der Waals surface area contributed by atoms with Gasteiger partial charge in [0.05, 0.1) is 11.7 Å². The number of hydrogen-bond donors (Lipinski definition) is 3. The summed E-state index contributed by atoms with van der Waals surface area (Å²) in [5.74, 6) is 0. The Morgan fingerprint density at radius 2 is 2.50 bits per heavy atom. The largest absolute Gasteiger partial charge is 0.465 e. The lowest BCUT2D eigenvalue weighted by Gasteiger charge is -2.06. The van der Waals surface area contributed by atoms with E-state index in [2.05, 4.69) is 15.6 Å². The first-order chi connectivity index (χ1) is 6.63. The number of thiazole rings is 1. The van der Waals surface area contributed by atoms with Crippen molar-refractivity contribution in [1.82, 2.24) is 15.6 Å². The molecule has 1 aromatic heterocycles. The van der Waals surface area contributed by atoms with E-state index in [-0.39, 0.29) is 6.04 Å². The van der Waals surface area contributed by atoms with Crippen LogP contribution in [0.15, 0.2) is 5.38 Å². The van der Waals surface area contributed by atoms with Crippen LogP contribution in [0.5, 0.6) is 0 Å². The summed E-state index contributed by atoms with van der Waals surface area (Å²) in [4.78, 5) is 14.7. The zero-order chi connectivity index (χ0) is 10.6. The number of amides is 1. The fraction of sp³-hybridized carbons (Fsp3) is 0.500. The SMILES string of the molecule is CNCc1csc(C(C)NC(=O)O)n1. The molecular formula is C8H13N3O2S. The summed E-state index contributed by atoms with van der Waals surface area (Å²) >= 11 is 1.46. The van der Waals surface area contributed by atoms with Gasteiger partial charge in [0.15, 0.2) is 0 Å². The smallest absolute Gasteiger partial charge is 0.405 e. The van der Waals surface area contributed by atoms with Gasteiger partial charge in [0.2, 0.25) is 0 Å². The monoisotopic (exact) mass is 215 g/mol. The summed E-state index contributed by atoms with van der Waals surface area (Å²) in [5, 5.41) is 16.6. The van der Waals surface area contributed by atoms with Crippen LogP contribution in [-0.4, -0.2) is 23.2 Å². The summed E-state index contributed by atoms with van der Waals surface area (Å²) in [6.45, 7) is 2.48. The first-order valence-corrected chi connectivity index (χ1v) is 5.09. The minimum absolute atomic E-state index is 0.247. The number of rotatable bonds is 4. The van der Waals surface area contributed by atoms with Crippen molar-refractivity contribution in [3.63, 3.8) is 0 Å². The van der Waals surface area contributed by atoms with Crippen LogP contribution in [0, 0.1) is 0 Å². The Kier molecular flexibility index (Phi) is 3.84. The molecule has 1 aromatic rings. The molecule has 0 saturated heterocycles. The van der Waals surface area contributed by atoms with E-state index in [0.29, 0.717) is 6.54 Å². The Labute approximate surface area is 86.2 Å². The molecule has 5 nitrogen and oxygen atoms in total. The van der Waals surface area contributed by atoms with Crippen LogP contribution in [0.4, 0.5) is 4.79 Å². The average molecular weight is 215 g/mol. The van der Waals surface area contributed by atoms with E-state index in [1.54, 1.807) is 6.92 Å². The number of carboxylic acid groups (broad SMARTS) is 1. The highest BCUT2D eigenvalue weighted by molar-refractivity contribution is 7.09. The van der Waals surface area contributed by atoms with Crippen molar-refractivity contribution in [3.05, 3.63) is 16.1 Å². The molecular weight excluding hydrogens is 202 g/mol. The lowest BCUT2D eigenvalue weighted by molar-refractivity contribution is 0.191. The van der Waals surface area contributed by atoms with Crippen LogP contribution in [0.25, 0.3) is 0 Å². The second-order valence-electron chi connectivity index (χ2n) is 2.88. The number of nitrogens with one attached hydrogen (secondary N) is 2. The molecule has 1 heterocycles. The zero-order valence-electron chi connectivity index (χ0n) is 8.07. The van der Waals surface area contributed by atoms with Crippen molar-refractivity contribution in [3.8, 4) is 0 Å². The van der Waals surface area contributed by atoms with E-state index in [0.717, 1.165) is 10.7 Å². The molecule has 6 heteroatoms. The predicted octanol–water partition coefficient (Wildman–Crippen LogP) is 1.19. The summed E-state index contributed by atoms with van der Waals surface area (Å²) in [6, 6.07) is -0.247. The zero-order valence-corrected chi connectivity index (χ0v) is 8.89. The Morgan fingerprint density at radius 1 is 1.79 bits per heavy atom. The van der Waals surface area contributed by atoms with Crippen molar-refractivity contribution < 1.29 is 9.90 Å². The summed E-state index contributed by atoms with van der Waals surface area (Å²) in [7, 11) is 1.85. The van der Waals surface area contributed by atoms with E-state index < -0.39 is 6.09 Å². The Morgan fingerprint density at radius 3 is 3.07 bits per heavy atom. The maximum absolute atomic E-state index is 10.4. The van der Waals surface area contributed by atoms with Crippen molar-refractivity contribution in [2.24, 2.45) is 0 Å². The topological polar surface area (TPSA) is 74.2 Å². The lowest BCUT2D eigenvalue weighted by atomic mass is 10.3. The van der Waals surface area contributed by atoms with Crippen LogP contribution in [-0.2, 0) is 6.54 Å². The van der Waals surface area contributed by atoms with Gasteiger partial charge in [-0.15, -0.1) is 11.3 Å². The van der Waals surface area contributed by atoms with Gasteiger partial charge in [-0.3, -0.25) is 0 Å². The van der Waals surface area contributed by atoms with Gasteiger partial charge in [-0.2, -0.15) is 0 Å². The molecule has 0 aliphatic carbocycles. The fourth-order valence-electron chi connectivity index (χ4n) is 1.03. The lowest BCUT2D eigenvalue weighted by Crippen LogP contribution is -2.24. The van der Waals surface area contributed by atoms with Gasteiger partial charge >= 0.3 is 6.09 Å². The summed E-state index contributed by atoms with van der Waals surface area (Å²) in [6.07, 6.45) is -1.03. The molecule has 1 unspecified atom stereocenters. The Bertz CT molecular complexity index is 313.